The van der Waals surface area contributed by atoms with Crippen LogP contribution >= 0.6 is 11.6 Å². The van der Waals surface area contributed by atoms with E-state index in [0.29, 0.717) is 13.0 Å². The van der Waals surface area contributed by atoms with Gasteiger partial charge in [-0.05, 0) is 19.3 Å². The number of aryl methyl sites for hydroxylation is 1. The predicted octanol–water partition coefficient (Wildman–Crippen LogP) is 1.30. The molecule has 110 valence electrons. The lowest BCUT2D eigenvalue weighted by molar-refractivity contribution is 0.327. The summed E-state index contributed by atoms with van der Waals surface area (Å²) in [5.74, 6) is 0. The quantitative estimate of drug-likeness (QED) is 0.621. The van der Waals surface area contributed by atoms with Gasteiger partial charge >= 0.3 is 0 Å². The molecule has 0 N–H and O–H groups in total. The van der Waals surface area contributed by atoms with Crippen molar-refractivity contribution in [3.8, 4) is 0 Å². The van der Waals surface area contributed by atoms with Crippen LogP contribution in [0.4, 0.5) is 0 Å². The molecule has 1 aromatic rings. The molecular weight excluding hydrogens is 304 g/mol. The molecule has 1 aliphatic heterocycles. The highest BCUT2D eigenvalue weighted by molar-refractivity contribution is 7.89. The monoisotopic (exact) mass is 318 g/mol. The normalized spacial score (nSPS) is 21.2. The van der Waals surface area contributed by atoms with E-state index in [0.717, 1.165) is 19.3 Å². The Morgan fingerprint density at radius 1 is 1.45 bits per heavy atom. The van der Waals surface area contributed by atoms with Gasteiger partial charge < -0.3 is 0 Å². The standard InChI is InChI=1S/C11H15ClN4O3S/c1-15-11(9(12)7-14-15)20(18,19)16-6-4-2-3-5-10(16)13-8-17/h7,10H,2-6H2,1H3. The Morgan fingerprint density at radius 3 is 2.80 bits per heavy atom. The second kappa shape index (κ2) is 6.05. The molecule has 1 unspecified atom stereocenters. The summed E-state index contributed by atoms with van der Waals surface area (Å²) in [6.07, 6.45) is 4.97. The van der Waals surface area contributed by atoms with Gasteiger partial charge in [-0.1, -0.05) is 18.0 Å². The highest BCUT2D eigenvalue weighted by atomic mass is 35.5. The highest BCUT2D eigenvalue weighted by Gasteiger charge is 2.36. The van der Waals surface area contributed by atoms with Gasteiger partial charge in [0.25, 0.3) is 10.0 Å². The Labute approximate surface area is 122 Å². The molecular formula is C11H15ClN4O3S. The highest BCUT2D eigenvalue weighted by Crippen LogP contribution is 2.28. The van der Waals surface area contributed by atoms with E-state index in [-0.39, 0.29) is 10.0 Å². The molecule has 2 heterocycles. The molecule has 1 aromatic heterocycles. The van der Waals surface area contributed by atoms with E-state index in [1.165, 1.54) is 28.3 Å². The van der Waals surface area contributed by atoms with Crippen LogP contribution in [0.15, 0.2) is 16.2 Å². The zero-order valence-electron chi connectivity index (χ0n) is 11.0. The first-order chi connectivity index (χ1) is 9.48. The minimum Gasteiger partial charge on any atom is -0.255 e. The van der Waals surface area contributed by atoms with Crippen molar-refractivity contribution in [3.05, 3.63) is 11.2 Å². The van der Waals surface area contributed by atoms with Gasteiger partial charge in [0.15, 0.2) is 5.03 Å². The van der Waals surface area contributed by atoms with Crippen LogP contribution in [0.2, 0.25) is 5.02 Å². The first kappa shape index (κ1) is 15.2. The van der Waals surface area contributed by atoms with Crippen LogP contribution in [-0.4, -0.2) is 41.3 Å². The summed E-state index contributed by atoms with van der Waals surface area (Å²) in [6, 6.07) is 0. The van der Waals surface area contributed by atoms with E-state index in [1.807, 2.05) is 0 Å². The van der Waals surface area contributed by atoms with Crippen molar-refractivity contribution in [2.45, 2.75) is 36.9 Å². The lowest BCUT2D eigenvalue weighted by Gasteiger charge is -2.25. The first-order valence-electron chi connectivity index (χ1n) is 6.25. The molecule has 20 heavy (non-hydrogen) atoms. The largest absolute Gasteiger partial charge is 0.263 e. The zero-order valence-corrected chi connectivity index (χ0v) is 12.6. The summed E-state index contributed by atoms with van der Waals surface area (Å²) in [5.41, 5.74) is 0. The van der Waals surface area contributed by atoms with E-state index in [1.54, 1.807) is 0 Å². The maximum Gasteiger partial charge on any atom is 0.263 e. The molecule has 0 bridgehead atoms. The third kappa shape index (κ3) is 2.78. The van der Waals surface area contributed by atoms with Crippen LogP contribution in [0.3, 0.4) is 0 Å². The van der Waals surface area contributed by atoms with Crippen LogP contribution in [-0.2, 0) is 21.9 Å². The predicted molar refractivity (Wildman–Crippen MR) is 72.5 cm³/mol. The van der Waals surface area contributed by atoms with Gasteiger partial charge in [-0.2, -0.15) is 14.4 Å². The summed E-state index contributed by atoms with van der Waals surface area (Å²) in [4.78, 5) is 14.2. The Kier molecular flexibility index (Phi) is 4.59. The molecule has 0 aromatic carbocycles. The number of sulfonamides is 1. The third-order valence-corrected chi connectivity index (χ3v) is 5.68. The molecule has 0 amide bonds. The number of hydrogen-bond acceptors (Lipinski definition) is 5. The van der Waals surface area contributed by atoms with Gasteiger partial charge in [-0.25, -0.2) is 13.2 Å². The van der Waals surface area contributed by atoms with Crippen molar-refractivity contribution in [1.29, 1.82) is 0 Å². The lowest BCUT2D eigenvalue weighted by atomic mass is 10.2. The van der Waals surface area contributed by atoms with Gasteiger partial charge in [0.2, 0.25) is 6.08 Å². The van der Waals surface area contributed by atoms with E-state index in [9.17, 15) is 13.2 Å². The summed E-state index contributed by atoms with van der Waals surface area (Å²) < 4.78 is 27.9. The van der Waals surface area contributed by atoms with E-state index < -0.39 is 16.2 Å². The number of aromatic nitrogens is 2. The number of aliphatic imine (C=N–C) groups is 1. The van der Waals surface area contributed by atoms with Crippen LogP contribution < -0.4 is 0 Å². The number of hydrogen-bond donors (Lipinski definition) is 0. The number of carbonyl (C=O) groups excluding carboxylic acids is 1. The van der Waals surface area contributed by atoms with Gasteiger partial charge in [0.05, 0.1) is 11.2 Å². The Hall–Kier alpha value is -1.21. The Bertz CT molecular complexity index is 617. The molecule has 1 atom stereocenters. The summed E-state index contributed by atoms with van der Waals surface area (Å²) >= 11 is 5.92. The van der Waals surface area contributed by atoms with Crippen molar-refractivity contribution < 1.29 is 13.2 Å². The lowest BCUT2D eigenvalue weighted by Crippen LogP contribution is -2.39. The average Bonchev–Trinajstić information content (AvgIpc) is 2.61. The number of rotatable bonds is 3. The van der Waals surface area contributed by atoms with Gasteiger partial charge in [0.1, 0.15) is 6.17 Å². The maximum absolute atomic E-state index is 12.7. The topological polar surface area (TPSA) is 84.6 Å². The molecule has 0 aliphatic carbocycles. The van der Waals surface area contributed by atoms with Gasteiger partial charge in [0, 0.05) is 13.6 Å². The molecule has 1 aliphatic rings. The molecule has 0 saturated carbocycles. The van der Waals surface area contributed by atoms with E-state index in [4.69, 9.17) is 11.6 Å². The summed E-state index contributed by atoms with van der Waals surface area (Å²) in [5, 5.41) is 3.83. The smallest absolute Gasteiger partial charge is 0.255 e. The van der Waals surface area contributed by atoms with Crippen molar-refractivity contribution in [1.82, 2.24) is 14.1 Å². The fourth-order valence-electron chi connectivity index (χ4n) is 2.34. The molecule has 0 radical (unpaired) electrons. The van der Waals surface area contributed by atoms with Gasteiger partial charge in [-0.3, -0.25) is 4.68 Å². The minimum atomic E-state index is -3.85. The van der Waals surface area contributed by atoms with Crippen molar-refractivity contribution in [3.63, 3.8) is 0 Å². The summed E-state index contributed by atoms with van der Waals surface area (Å²) in [6.45, 7) is 0.305. The Morgan fingerprint density at radius 2 is 2.20 bits per heavy atom. The van der Waals surface area contributed by atoms with Crippen LogP contribution in [0, 0.1) is 0 Å². The summed E-state index contributed by atoms with van der Waals surface area (Å²) in [7, 11) is -2.34. The van der Waals surface area contributed by atoms with Crippen molar-refractivity contribution in [2.24, 2.45) is 12.0 Å². The molecule has 1 saturated heterocycles. The van der Waals surface area contributed by atoms with Crippen LogP contribution in [0.1, 0.15) is 25.7 Å². The average molecular weight is 319 g/mol. The van der Waals surface area contributed by atoms with Crippen molar-refractivity contribution in [2.75, 3.05) is 6.54 Å². The maximum atomic E-state index is 12.7. The molecule has 7 nitrogen and oxygen atoms in total. The second-order valence-electron chi connectivity index (χ2n) is 4.59. The number of isocyanates is 1. The molecule has 2 rings (SSSR count). The number of halogens is 1. The molecule has 1 fully saturated rings. The minimum absolute atomic E-state index is 0.0607. The SMILES string of the molecule is Cn1ncc(Cl)c1S(=O)(=O)N1CCCCCC1N=C=O. The second-order valence-corrected chi connectivity index (χ2v) is 6.80. The van der Waals surface area contributed by atoms with Crippen molar-refractivity contribution >= 4 is 27.7 Å². The van der Waals surface area contributed by atoms with Crippen LogP contribution in [0.5, 0.6) is 0 Å². The Balaban J connectivity index is 2.47. The fourth-order valence-corrected chi connectivity index (χ4v) is 4.54. The first-order valence-corrected chi connectivity index (χ1v) is 8.06. The fraction of sp³-hybridized carbons (Fsp3) is 0.636. The molecule has 9 heteroatoms. The van der Waals surface area contributed by atoms with E-state index in [2.05, 4.69) is 10.1 Å². The number of nitrogens with zero attached hydrogens (tertiary/aromatic N) is 4. The molecule has 0 spiro atoms. The van der Waals surface area contributed by atoms with Gasteiger partial charge in [-0.15, -0.1) is 0 Å². The van der Waals surface area contributed by atoms with E-state index >= 15 is 0 Å². The zero-order chi connectivity index (χ0) is 14.8. The van der Waals surface area contributed by atoms with Crippen LogP contribution in [0.25, 0.3) is 0 Å². The third-order valence-electron chi connectivity index (χ3n) is 3.27.